The molecule has 0 bridgehead atoms. The molecule has 1 aromatic heterocycles. The lowest BCUT2D eigenvalue weighted by molar-refractivity contribution is 0.111. The first-order chi connectivity index (χ1) is 10.5. The number of rotatable bonds is 4. The standard InChI is InChI=1S/C18H19NO2Si/c1-22(2,3)11-10-15-8-9-17(19-12-15)14-21-18-7-5-4-6-16(18)13-20/h4-9,12-13H,14H2,1-3H3. The van der Waals surface area contributed by atoms with E-state index in [2.05, 4.69) is 36.1 Å². The van der Waals surface area contributed by atoms with Crippen molar-refractivity contribution in [1.82, 2.24) is 4.98 Å². The molecule has 0 saturated heterocycles. The topological polar surface area (TPSA) is 39.2 Å². The smallest absolute Gasteiger partial charge is 0.153 e. The van der Waals surface area contributed by atoms with Crippen molar-refractivity contribution in [3.8, 4) is 17.2 Å². The van der Waals surface area contributed by atoms with Gasteiger partial charge in [-0.1, -0.05) is 37.7 Å². The predicted octanol–water partition coefficient (Wildman–Crippen LogP) is 3.70. The molecule has 0 saturated carbocycles. The molecule has 0 aliphatic heterocycles. The second-order valence-electron chi connectivity index (χ2n) is 5.98. The Labute approximate surface area is 132 Å². The average Bonchev–Trinajstić information content (AvgIpc) is 2.51. The van der Waals surface area contributed by atoms with Gasteiger partial charge in [0.25, 0.3) is 0 Å². The summed E-state index contributed by atoms with van der Waals surface area (Å²) in [7, 11) is -1.37. The Morgan fingerprint density at radius 1 is 1.18 bits per heavy atom. The van der Waals surface area contributed by atoms with Gasteiger partial charge < -0.3 is 4.74 Å². The summed E-state index contributed by atoms with van der Waals surface area (Å²) in [6.07, 6.45) is 2.55. The molecule has 2 aromatic rings. The van der Waals surface area contributed by atoms with E-state index in [1.165, 1.54) is 0 Å². The zero-order valence-electron chi connectivity index (χ0n) is 13.1. The zero-order valence-corrected chi connectivity index (χ0v) is 14.1. The van der Waals surface area contributed by atoms with Crippen LogP contribution in [-0.2, 0) is 6.61 Å². The molecule has 1 aromatic carbocycles. The third-order valence-electron chi connectivity index (χ3n) is 2.83. The van der Waals surface area contributed by atoms with Crippen LogP contribution < -0.4 is 4.74 Å². The van der Waals surface area contributed by atoms with Crippen LogP contribution in [-0.4, -0.2) is 19.3 Å². The van der Waals surface area contributed by atoms with Crippen LogP contribution in [0.5, 0.6) is 5.75 Å². The van der Waals surface area contributed by atoms with Crippen molar-refractivity contribution in [3.05, 3.63) is 59.4 Å². The number of hydrogen-bond acceptors (Lipinski definition) is 3. The maximum atomic E-state index is 10.9. The first-order valence-electron chi connectivity index (χ1n) is 7.13. The van der Waals surface area contributed by atoms with Gasteiger partial charge in [0.2, 0.25) is 0 Å². The molecule has 0 atom stereocenters. The minimum atomic E-state index is -1.37. The van der Waals surface area contributed by atoms with Gasteiger partial charge in [0.15, 0.2) is 6.29 Å². The van der Waals surface area contributed by atoms with E-state index in [4.69, 9.17) is 4.74 Å². The molecule has 1 heterocycles. The minimum Gasteiger partial charge on any atom is -0.487 e. The van der Waals surface area contributed by atoms with Crippen LogP contribution in [0.2, 0.25) is 19.6 Å². The Kier molecular flexibility index (Phi) is 5.13. The van der Waals surface area contributed by atoms with Crippen LogP contribution in [0.25, 0.3) is 0 Å². The maximum absolute atomic E-state index is 10.9. The van der Waals surface area contributed by atoms with Crippen LogP contribution in [0.4, 0.5) is 0 Å². The summed E-state index contributed by atoms with van der Waals surface area (Å²) < 4.78 is 5.65. The van der Waals surface area contributed by atoms with Gasteiger partial charge in [-0.2, -0.15) is 0 Å². The van der Waals surface area contributed by atoms with Crippen molar-refractivity contribution in [3.63, 3.8) is 0 Å². The molecular weight excluding hydrogens is 290 g/mol. The number of ether oxygens (including phenoxy) is 1. The lowest BCUT2D eigenvalue weighted by Gasteiger charge is -2.07. The van der Waals surface area contributed by atoms with E-state index >= 15 is 0 Å². The average molecular weight is 309 g/mol. The second kappa shape index (κ2) is 7.06. The van der Waals surface area contributed by atoms with E-state index in [9.17, 15) is 4.79 Å². The molecule has 0 radical (unpaired) electrons. The first-order valence-corrected chi connectivity index (χ1v) is 10.6. The van der Waals surface area contributed by atoms with Crippen molar-refractivity contribution in [1.29, 1.82) is 0 Å². The highest BCUT2D eigenvalue weighted by Crippen LogP contribution is 2.17. The number of nitrogens with zero attached hydrogens (tertiary/aromatic N) is 1. The van der Waals surface area contributed by atoms with E-state index in [1.54, 1.807) is 24.4 Å². The van der Waals surface area contributed by atoms with E-state index in [0.29, 0.717) is 17.9 Å². The molecule has 0 fully saturated rings. The second-order valence-corrected chi connectivity index (χ2v) is 10.7. The number of carbonyl (C=O) groups is 1. The SMILES string of the molecule is C[Si](C)(C)C#Cc1ccc(COc2ccccc2C=O)nc1. The van der Waals surface area contributed by atoms with Crippen molar-refractivity contribution >= 4 is 14.4 Å². The summed E-state index contributed by atoms with van der Waals surface area (Å²) in [6.45, 7) is 6.95. The normalized spacial score (nSPS) is 10.5. The molecular formula is C18H19NO2Si. The van der Waals surface area contributed by atoms with Gasteiger partial charge in [0.05, 0.1) is 11.3 Å². The number of para-hydroxylation sites is 1. The number of aldehydes is 1. The summed E-state index contributed by atoms with van der Waals surface area (Å²) in [4.78, 5) is 15.3. The first kappa shape index (κ1) is 16.0. The quantitative estimate of drug-likeness (QED) is 0.491. The van der Waals surface area contributed by atoms with Crippen molar-refractivity contribution < 1.29 is 9.53 Å². The van der Waals surface area contributed by atoms with Gasteiger partial charge in [-0.15, -0.1) is 5.54 Å². The highest BCUT2D eigenvalue weighted by molar-refractivity contribution is 6.83. The molecule has 0 aliphatic carbocycles. The minimum absolute atomic E-state index is 0.326. The van der Waals surface area contributed by atoms with Crippen LogP contribution in [0.15, 0.2) is 42.6 Å². The highest BCUT2D eigenvalue weighted by atomic mass is 28.3. The molecule has 22 heavy (non-hydrogen) atoms. The zero-order chi connectivity index (χ0) is 16.0. The van der Waals surface area contributed by atoms with Crippen LogP contribution in [0.3, 0.4) is 0 Å². The lowest BCUT2D eigenvalue weighted by atomic mass is 10.2. The third kappa shape index (κ3) is 4.87. The molecule has 0 N–H and O–H groups in total. The van der Waals surface area contributed by atoms with E-state index < -0.39 is 8.07 Å². The van der Waals surface area contributed by atoms with E-state index in [0.717, 1.165) is 17.5 Å². The van der Waals surface area contributed by atoms with Gasteiger partial charge in [-0.05, 0) is 24.3 Å². The number of carbonyl (C=O) groups excluding carboxylic acids is 1. The van der Waals surface area contributed by atoms with Crippen molar-refractivity contribution in [2.24, 2.45) is 0 Å². The maximum Gasteiger partial charge on any atom is 0.153 e. The van der Waals surface area contributed by atoms with Crippen molar-refractivity contribution in [2.45, 2.75) is 26.2 Å². The number of aromatic nitrogens is 1. The molecule has 0 spiro atoms. The molecule has 2 rings (SSSR count). The summed E-state index contributed by atoms with van der Waals surface area (Å²) in [5.74, 6) is 3.74. The largest absolute Gasteiger partial charge is 0.487 e. The lowest BCUT2D eigenvalue weighted by Crippen LogP contribution is -2.16. The Bertz CT molecular complexity index is 706. The summed E-state index contributed by atoms with van der Waals surface area (Å²) in [5, 5.41) is 0. The third-order valence-corrected chi connectivity index (χ3v) is 3.70. The number of benzene rings is 1. The van der Waals surface area contributed by atoms with Gasteiger partial charge >= 0.3 is 0 Å². The molecule has 112 valence electrons. The Balaban J connectivity index is 2.02. The summed E-state index contributed by atoms with van der Waals surface area (Å²) in [5.41, 5.74) is 5.57. The fourth-order valence-electron chi connectivity index (χ4n) is 1.70. The fraction of sp³-hybridized carbons (Fsp3) is 0.222. The molecule has 3 nitrogen and oxygen atoms in total. The predicted molar refractivity (Wildman–Crippen MR) is 90.6 cm³/mol. The van der Waals surface area contributed by atoms with Gasteiger partial charge in [0.1, 0.15) is 20.4 Å². The van der Waals surface area contributed by atoms with Crippen LogP contribution in [0.1, 0.15) is 21.6 Å². The van der Waals surface area contributed by atoms with E-state index in [-0.39, 0.29) is 0 Å². The van der Waals surface area contributed by atoms with Gasteiger partial charge in [0, 0.05) is 11.8 Å². The summed E-state index contributed by atoms with van der Waals surface area (Å²) in [6, 6.07) is 11.0. The molecule has 0 amide bonds. The molecule has 0 unspecified atom stereocenters. The van der Waals surface area contributed by atoms with Crippen LogP contribution in [0, 0.1) is 11.5 Å². The Hall–Kier alpha value is -2.38. The number of pyridine rings is 1. The highest BCUT2D eigenvalue weighted by Gasteiger charge is 2.07. The summed E-state index contributed by atoms with van der Waals surface area (Å²) >= 11 is 0. The Morgan fingerprint density at radius 3 is 2.59 bits per heavy atom. The molecule has 4 heteroatoms. The fourth-order valence-corrected chi connectivity index (χ4v) is 2.22. The van der Waals surface area contributed by atoms with Gasteiger partial charge in [-0.25, -0.2) is 0 Å². The van der Waals surface area contributed by atoms with Gasteiger partial charge in [-0.3, -0.25) is 9.78 Å². The van der Waals surface area contributed by atoms with Crippen molar-refractivity contribution in [2.75, 3.05) is 0 Å². The molecule has 0 aliphatic rings. The number of hydrogen-bond donors (Lipinski definition) is 0. The Morgan fingerprint density at radius 2 is 1.95 bits per heavy atom. The van der Waals surface area contributed by atoms with Crippen LogP contribution >= 0.6 is 0 Å². The monoisotopic (exact) mass is 309 g/mol. The van der Waals surface area contributed by atoms with E-state index in [1.807, 2.05) is 18.2 Å².